The Labute approximate surface area is 129 Å². The third-order valence-corrected chi connectivity index (χ3v) is 4.12. The minimum Gasteiger partial charge on any atom is -0.386 e. The minimum atomic E-state index is -0.139. The van der Waals surface area contributed by atoms with Crippen molar-refractivity contribution in [2.75, 3.05) is 13.1 Å². The third-order valence-electron chi connectivity index (χ3n) is 3.62. The molecule has 108 valence electrons. The molecule has 0 aromatic heterocycles. The van der Waals surface area contributed by atoms with Crippen LogP contribution in [0, 0.1) is 5.41 Å². The first-order valence-electron chi connectivity index (χ1n) is 6.53. The normalized spacial score (nSPS) is 21.4. The number of aliphatic imine (C=N–C) groups is 1. The highest BCUT2D eigenvalue weighted by atomic mass is 35.5. The first kappa shape index (κ1) is 15.3. The molecule has 0 radical (unpaired) electrons. The Morgan fingerprint density at radius 2 is 2.25 bits per heavy atom. The zero-order valence-electron chi connectivity index (χ0n) is 11.3. The summed E-state index contributed by atoms with van der Waals surface area (Å²) in [6, 6.07) is 7.73. The molecule has 0 bridgehead atoms. The SMILES string of the molecule is CC(c1ccccc1Cl)N1CCN=C(N)C1CC(=N)Cl. The Kier molecular flexibility index (Phi) is 5.02. The quantitative estimate of drug-likeness (QED) is 0.839. The molecule has 2 atom stereocenters. The lowest BCUT2D eigenvalue weighted by Crippen LogP contribution is -2.50. The molecule has 2 unspecified atom stereocenters. The molecule has 1 aliphatic heterocycles. The number of nitrogens with one attached hydrogen (secondary N) is 1. The van der Waals surface area contributed by atoms with Gasteiger partial charge in [0.05, 0.1) is 17.8 Å². The molecule has 0 aliphatic carbocycles. The second-order valence-corrected chi connectivity index (χ2v) is 5.73. The van der Waals surface area contributed by atoms with Crippen LogP contribution in [0.2, 0.25) is 5.02 Å². The summed E-state index contributed by atoms with van der Waals surface area (Å²) in [6.45, 7) is 3.53. The summed E-state index contributed by atoms with van der Waals surface area (Å²) in [6.07, 6.45) is 0.381. The lowest BCUT2D eigenvalue weighted by Gasteiger charge is -2.38. The van der Waals surface area contributed by atoms with E-state index in [1.807, 2.05) is 24.3 Å². The Balaban J connectivity index is 2.27. The summed E-state index contributed by atoms with van der Waals surface area (Å²) in [5.41, 5.74) is 7.04. The average Bonchev–Trinajstić information content (AvgIpc) is 2.40. The third kappa shape index (κ3) is 3.32. The van der Waals surface area contributed by atoms with E-state index in [-0.39, 0.29) is 17.3 Å². The Hall–Kier alpha value is -1.10. The highest BCUT2D eigenvalue weighted by molar-refractivity contribution is 6.64. The van der Waals surface area contributed by atoms with E-state index in [0.717, 1.165) is 17.1 Å². The highest BCUT2D eigenvalue weighted by Gasteiger charge is 2.31. The molecule has 0 amide bonds. The molecule has 4 nitrogen and oxygen atoms in total. The van der Waals surface area contributed by atoms with Crippen LogP contribution in [0.25, 0.3) is 0 Å². The van der Waals surface area contributed by atoms with Crippen molar-refractivity contribution >= 4 is 34.2 Å². The molecule has 6 heteroatoms. The topological polar surface area (TPSA) is 65.5 Å². The fraction of sp³-hybridized carbons (Fsp3) is 0.429. The number of nitrogens with two attached hydrogens (primary N) is 1. The summed E-state index contributed by atoms with van der Waals surface area (Å²) in [4.78, 5) is 6.49. The summed E-state index contributed by atoms with van der Waals surface area (Å²) in [5, 5.41) is 8.33. The number of hydrogen-bond acceptors (Lipinski definition) is 4. The monoisotopic (exact) mass is 312 g/mol. The van der Waals surface area contributed by atoms with Gasteiger partial charge in [-0.1, -0.05) is 41.4 Å². The van der Waals surface area contributed by atoms with E-state index < -0.39 is 0 Å². The van der Waals surface area contributed by atoms with Crippen molar-refractivity contribution in [2.24, 2.45) is 10.7 Å². The van der Waals surface area contributed by atoms with Crippen molar-refractivity contribution in [1.82, 2.24) is 4.90 Å². The van der Waals surface area contributed by atoms with Gasteiger partial charge in [-0.2, -0.15) is 0 Å². The number of amidine groups is 1. The van der Waals surface area contributed by atoms with Crippen LogP contribution in [-0.4, -0.2) is 35.0 Å². The molecule has 20 heavy (non-hydrogen) atoms. The predicted molar refractivity (Wildman–Crippen MR) is 85.0 cm³/mol. The second kappa shape index (κ2) is 6.57. The molecule has 1 aromatic carbocycles. The Bertz CT molecular complexity index is 530. The Morgan fingerprint density at radius 3 is 2.90 bits per heavy atom. The van der Waals surface area contributed by atoms with Gasteiger partial charge in [0.25, 0.3) is 0 Å². The maximum Gasteiger partial charge on any atom is 0.112 e. The smallest absolute Gasteiger partial charge is 0.112 e. The lowest BCUT2D eigenvalue weighted by atomic mass is 10.0. The summed E-state index contributed by atoms with van der Waals surface area (Å²) in [7, 11) is 0. The van der Waals surface area contributed by atoms with Crippen LogP contribution in [-0.2, 0) is 0 Å². The highest BCUT2D eigenvalue weighted by Crippen LogP contribution is 2.30. The molecule has 0 fully saturated rings. The van der Waals surface area contributed by atoms with Gasteiger partial charge in [-0.05, 0) is 18.6 Å². The van der Waals surface area contributed by atoms with Crippen LogP contribution in [0.3, 0.4) is 0 Å². The molecule has 0 saturated carbocycles. The van der Waals surface area contributed by atoms with Gasteiger partial charge in [0.2, 0.25) is 0 Å². The molecular formula is C14H18Cl2N4. The van der Waals surface area contributed by atoms with Gasteiger partial charge in [0, 0.05) is 24.0 Å². The lowest BCUT2D eigenvalue weighted by molar-refractivity contribution is 0.181. The molecule has 3 N–H and O–H groups in total. The van der Waals surface area contributed by atoms with Gasteiger partial charge in [-0.15, -0.1) is 0 Å². The number of halogens is 2. The zero-order chi connectivity index (χ0) is 14.7. The van der Waals surface area contributed by atoms with E-state index >= 15 is 0 Å². The first-order valence-corrected chi connectivity index (χ1v) is 7.29. The van der Waals surface area contributed by atoms with E-state index in [1.54, 1.807) is 0 Å². The van der Waals surface area contributed by atoms with Crippen molar-refractivity contribution in [3.63, 3.8) is 0 Å². The maximum absolute atomic E-state index is 7.50. The zero-order valence-corrected chi connectivity index (χ0v) is 12.8. The van der Waals surface area contributed by atoms with Crippen LogP contribution in [0.4, 0.5) is 0 Å². The predicted octanol–water partition coefficient (Wildman–Crippen LogP) is 3.05. The van der Waals surface area contributed by atoms with E-state index in [2.05, 4.69) is 16.8 Å². The number of hydrogen-bond donors (Lipinski definition) is 2. The average molecular weight is 313 g/mol. The number of nitrogens with zero attached hydrogens (tertiary/aromatic N) is 2. The van der Waals surface area contributed by atoms with Crippen molar-refractivity contribution < 1.29 is 0 Å². The fourth-order valence-electron chi connectivity index (χ4n) is 2.57. The van der Waals surface area contributed by atoms with Gasteiger partial charge in [0.1, 0.15) is 5.84 Å². The molecule has 1 aromatic rings. The maximum atomic E-state index is 7.50. The van der Waals surface area contributed by atoms with Crippen molar-refractivity contribution in [2.45, 2.75) is 25.4 Å². The Morgan fingerprint density at radius 1 is 1.55 bits per heavy atom. The van der Waals surface area contributed by atoms with Gasteiger partial charge < -0.3 is 5.73 Å². The fourth-order valence-corrected chi connectivity index (χ4v) is 3.01. The summed E-state index contributed by atoms with van der Waals surface area (Å²) in [5.74, 6) is 0.542. The molecular weight excluding hydrogens is 295 g/mol. The van der Waals surface area contributed by atoms with E-state index in [0.29, 0.717) is 18.8 Å². The molecule has 1 heterocycles. The molecule has 0 saturated heterocycles. The van der Waals surface area contributed by atoms with Gasteiger partial charge in [-0.3, -0.25) is 15.3 Å². The van der Waals surface area contributed by atoms with Gasteiger partial charge >= 0.3 is 0 Å². The van der Waals surface area contributed by atoms with Crippen LogP contribution >= 0.6 is 23.2 Å². The number of rotatable bonds is 4. The van der Waals surface area contributed by atoms with Gasteiger partial charge in [0.15, 0.2) is 0 Å². The second-order valence-electron chi connectivity index (χ2n) is 4.87. The van der Waals surface area contributed by atoms with Crippen LogP contribution in [0.15, 0.2) is 29.3 Å². The van der Waals surface area contributed by atoms with E-state index in [1.165, 1.54) is 0 Å². The van der Waals surface area contributed by atoms with Crippen LogP contribution in [0.5, 0.6) is 0 Å². The first-order chi connectivity index (χ1) is 9.50. The van der Waals surface area contributed by atoms with Crippen molar-refractivity contribution in [3.05, 3.63) is 34.9 Å². The molecule has 0 spiro atoms. The standard InChI is InChI=1S/C14H18Cl2N4/c1-9(10-4-2-3-5-11(10)15)20-7-6-19-14(18)12(20)8-13(16)17/h2-5,9,12,17H,6-8H2,1H3,(H2,18,19). The molecule has 1 aliphatic rings. The van der Waals surface area contributed by atoms with E-state index in [4.69, 9.17) is 34.3 Å². The largest absolute Gasteiger partial charge is 0.386 e. The van der Waals surface area contributed by atoms with Crippen molar-refractivity contribution in [1.29, 1.82) is 5.41 Å². The van der Waals surface area contributed by atoms with Gasteiger partial charge in [-0.25, -0.2) is 0 Å². The van der Waals surface area contributed by atoms with Crippen LogP contribution < -0.4 is 5.73 Å². The minimum absolute atomic E-state index is 0.0893. The van der Waals surface area contributed by atoms with Crippen LogP contribution in [0.1, 0.15) is 24.9 Å². The van der Waals surface area contributed by atoms with E-state index in [9.17, 15) is 0 Å². The van der Waals surface area contributed by atoms with Crippen molar-refractivity contribution in [3.8, 4) is 0 Å². The summed E-state index contributed by atoms with van der Waals surface area (Å²) >= 11 is 12.0. The summed E-state index contributed by atoms with van der Waals surface area (Å²) < 4.78 is 0. The molecule has 2 rings (SSSR count). The number of benzene rings is 1.